The second-order valence-corrected chi connectivity index (χ2v) is 4.89. The summed E-state index contributed by atoms with van der Waals surface area (Å²) in [6.07, 6.45) is -4.49. The molecule has 1 amide bonds. The third kappa shape index (κ3) is 6.75. The van der Waals surface area contributed by atoms with E-state index in [4.69, 9.17) is 5.73 Å². The molecule has 0 saturated carbocycles. The molecule has 0 radical (unpaired) electrons. The van der Waals surface area contributed by atoms with Crippen molar-refractivity contribution >= 4 is 23.1 Å². The van der Waals surface area contributed by atoms with Crippen molar-refractivity contribution in [2.75, 3.05) is 20.1 Å². The van der Waals surface area contributed by atoms with E-state index in [1.807, 2.05) is 0 Å². The van der Waals surface area contributed by atoms with E-state index in [0.717, 1.165) is 0 Å². The van der Waals surface area contributed by atoms with Crippen LogP contribution in [0, 0.1) is 5.92 Å². The highest BCUT2D eigenvalue weighted by Gasteiger charge is 2.42. The Morgan fingerprint density at radius 3 is 2.28 bits per heavy atom. The van der Waals surface area contributed by atoms with E-state index >= 15 is 0 Å². The molecule has 18 heavy (non-hydrogen) atoms. The van der Waals surface area contributed by atoms with Crippen molar-refractivity contribution in [3.05, 3.63) is 0 Å². The van der Waals surface area contributed by atoms with Crippen molar-refractivity contribution in [1.29, 1.82) is 0 Å². The van der Waals surface area contributed by atoms with Crippen LogP contribution in [-0.4, -0.2) is 48.2 Å². The molecule has 0 fully saturated rings. The monoisotopic (exact) mass is 285 g/mol. The number of rotatable bonds is 6. The summed E-state index contributed by atoms with van der Waals surface area (Å²) in [5.74, 6) is -2.24. The Balaban J connectivity index is 4.40. The Bertz CT molecular complexity index is 307. The molecule has 0 heterocycles. The number of nitrogens with two attached hydrogens (primary N) is 1. The van der Waals surface area contributed by atoms with Crippen molar-refractivity contribution in [2.24, 2.45) is 11.7 Å². The lowest BCUT2D eigenvalue weighted by Crippen LogP contribution is -2.45. The number of hydrogen-bond donors (Lipinski definition) is 2. The van der Waals surface area contributed by atoms with Gasteiger partial charge in [-0.15, -0.1) is 0 Å². The van der Waals surface area contributed by atoms with E-state index in [1.165, 1.54) is 11.9 Å². The molecular weight excluding hydrogens is 267 g/mol. The number of alkyl halides is 3. The Morgan fingerprint density at radius 1 is 1.44 bits per heavy atom. The molecule has 0 bridgehead atoms. The number of nitrogens with zero attached hydrogens (tertiary/aromatic N) is 1. The third-order valence-corrected chi connectivity index (χ3v) is 2.38. The Labute approximate surface area is 110 Å². The first-order chi connectivity index (χ1) is 8.04. The van der Waals surface area contributed by atoms with Gasteiger partial charge >= 0.3 is 6.18 Å². The zero-order valence-electron chi connectivity index (χ0n) is 10.5. The summed E-state index contributed by atoms with van der Waals surface area (Å²) in [7, 11) is 1.41. The van der Waals surface area contributed by atoms with Crippen LogP contribution in [0.2, 0.25) is 0 Å². The van der Waals surface area contributed by atoms with Crippen LogP contribution in [0.25, 0.3) is 0 Å². The van der Waals surface area contributed by atoms with Gasteiger partial charge in [0.05, 0.1) is 11.5 Å². The van der Waals surface area contributed by atoms with Gasteiger partial charge in [-0.3, -0.25) is 9.69 Å². The first-order valence-electron chi connectivity index (χ1n) is 5.38. The average Bonchev–Trinajstić information content (AvgIpc) is 2.09. The summed E-state index contributed by atoms with van der Waals surface area (Å²) >= 11 is 4.40. The van der Waals surface area contributed by atoms with E-state index in [0.29, 0.717) is 0 Å². The molecule has 4 nitrogen and oxygen atoms in total. The van der Waals surface area contributed by atoms with E-state index in [2.05, 4.69) is 17.5 Å². The summed E-state index contributed by atoms with van der Waals surface area (Å²) in [5.41, 5.74) is 5.07. The van der Waals surface area contributed by atoms with Crippen molar-refractivity contribution < 1.29 is 18.0 Å². The third-order valence-electron chi connectivity index (χ3n) is 2.10. The standard InChI is InChI=1S/C10H18F3N3OS/c1-6(2)15-8(17)5-16(3)4-7(9(14)18)10(11,12)13/h6-7H,4-5H2,1-3H3,(H2,14,18)(H,15,17). The van der Waals surface area contributed by atoms with Crippen molar-refractivity contribution in [1.82, 2.24) is 10.2 Å². The zero-order valence-corrected chi connectivity index (χ0v) is 11.4. The minimum Gasteiger partial charge on any atom is -0.393 e. The van der Waals surface area contributed by atoms with Gasteiger partial charge in [0.1, 0.15) is 5.92 Å². The fraction of sp³-hybridized carbons (Fsp3) is 0.800. The molecule has 0 rings (SSSR count). The fourth-order valence-electron chi connectivity index (χ4n) is 1.34. The quantitative estimate of drug-likeness (QED) is 0.712. The number of hydrogen-bond acceptors (Lipinski definition) is 3. The second-order valence-electron chi connectivity index (χ2n) is 4.42. The predicted molar refractivity (Wildman–Crippen MR) is 67.1 cm³/mol. The van der Waals surface area contributed by atoms with Crippen LogP contribution >= 0.6 is 12.2 Å². The van der Waals surface area contributed by atoms with E-state index in [1.54, 1.807) is 13.8 Å². The summed E-state index contributed by atoms with van der Waals surface area (Å²) < 4.78 is 37.8. The van der Waals surface area contributed by atoms with Crippen molar-refractivity contribution in [3.8, 4) is 0 Å². The number of amides is 1. The first-order valence-corrected chi connectivity index (χ1v) is 5.78. The van der Waals surface area contributed by atoms with Crippen LogP contribution in [0.3, 0.4) is 0 Å². The largest absolute Gasteiger partial charge is 0.399 e. The van der Waals surface area contributed by atoms with Crippen LogP contribution in [0.1, 0.15) is 13.8 Å². The maximum Gasteiger partial charge on any atom is 0.399 e. The number of likely N-dealkylation sites (N-methyl/N-ethyl adjacent to an activating group) is 1. The molecule has 106 valence electrons. The van der Waals surface area contributed by atoms with Crippen LogP contribution in [-0.2, 0) is 4.79 Å². The molecule has 0 aliphatic carbocycles. The number of nitrogens with one attached hydrogen (secondary N) is 1. The topological polar surface area (TPSA) is 58.4 Å². The normalized spacial score (nSPS) is 13.8. The van der Waals surface area contributed by atoms with Gasteiger partial charge in [0, 0.05) is 12.6 Å². The summed E-state index contributed by atoms with van der Waals surface area (Å²) in [5, 5.41) is 2.59. The Kier molecular flexibility index (Phi) is 6.55. The maximum atomic E-state index is 12.6. The minimum atomic E-state index is -4.49. The van der Waals surface area contributed by atoms with Gasteiger partial charge in [-0.05, 0) is 20.9 Å². The molecule has 0 spiro atoms. The van der Waals surface area contributed by atoms with Crippen LogP contribution in [0.15, 0.2) is 0 Å². The smallest absolute Gasteiger partial charge is 0.393 e. The zero-order chi connectivity index (χ0) is 14.5. The van der Waals surface area contributed by atoms with Crippen molar-refractivity contribution in [2.45, 2.75) is 26.1 Å². The molecule has 0 saturated heterocycles. The molecule has 0 aliphatic heterocycles. The van der Waals surface area contributed by atoms with Gasteiger partial charge in [-0.1, -0.05) is 12.2 Å². The van der Waals surface area contributed by atoms with Gasteiger partial charge in [0.15, 0.2) is 0 Å². The van der Waals surface area contributed by atoms with E-state index < -0.39 is 23.6 Å². The average molecular weight is 285 g/mol. The lowest BCUT2D eigenvalue weighted by Gasteiger charge is -2.25. The molecule has 0 aliphatic rings. The predicted octanol–water partition coefficient (Wildman–Crippen LogP) is 0.907. The van der Waals surface area contributed by atoms with Gasteiger partial charge in [-0.25, -0.2) is 0 Å². The molecule has 0 aromatic heterocycles. The highest BCUT2D eigenvalue weighted by Crippen LogP contribution is 2.27. The molecule has 0 aromatic carbocycles. The molecule has 1 atom stereocenters. The summed E-state index contributed by atoms with van der Waals surface area (Å²) in [6.45, 7) is 2.98. The lowest BCUT2D eigenvalue weighted by molar-refractivity contribution is -0.159. The van der Waals surface area contributed by atoms with Gasteiger partial charge < -0.3 is 11.1 Å². The number of thiocarbonyl (C=S) groups is 1. The number of carbonyl (C=O) groups is 1. The Hall–Kier alpha value is -0.890. The van der Waals surface area contributed by atoms with Crippen molar-refractivity contribution in [3.63, 3.8) is 0 Å². The minimum absolute atomic E-state index is 0.0557. The molecular formula is C10H18F3N3OS. The van der Waals surface area contributed by atoms with Crippen LogP contribution < -0.4 is 11.1 Å². The first kappa shape index (κ1) is 17.1. The van der Waals surface area contributed by atoms with Crippen LogP contribution in [0.4, 0.5) is 13.2 Å². The summed E-state index contributed by atoms with van der Waals surface area (Å²) in [4.78, 5) is 12.0. The molecule has 0 aromatic rings. The van der Waals surface area contributed by atoms with Gasteiger partial charge in [-0.2, -0.15) is 13.2 Å². The number of carbonyl (C=O) groups excluding carboxylic acids is 1. The van der Waals surface area contributed by atoms with Gasteiger partial charge in [0.25, 0.3) is 0 Å². The second kappa shape index (κ2) is 6.89. The number of halogens is 3. The highest BCUT2D eigenvalue weighted by atomic mass is 32.1. The summed E-state index contributed by atoms with van der Waals surface area (Å²) in [6, 6.07) is -0.0557. The lowest BCUT2D eigenvalue weighted by atomic mass is 10.1. The molecule has 8 heteroatoms. The highest BCUT2D eigenvalue weighted by molar-refractivity contribution is 7.80. The SMILES string of the molecule is CC(C)NC(=O)CN(C)CC(C(N)=S)C(F)(F)F. The maximum absolute atomic E-state index is 12.6. The van der Waals surface area contributed by atoms with Crippen LogP contribution in [0.5, 0.6) is 0 Å². The van der Waals surface area contributed by atoms with Gasteiger partial charge in [0.2, 0.25) is 5.91 Å². The molecule has 3 N–H and O–H groups in total. The Morgan fingerprint density at radius 2 is 1.94 bits per heavy atom. The fourth-order valence-corrected chi connectivity index (χ4v) is 1.55. The van der Waals surface area contributed by atoms with E-state index in [9.17, 15) is 18.0 Å². The van der Waals surface area contributed by atoms with E-state index in [-0.39, 0.29) is 18.5 Å². The molecule has 1 unspecified atom stereocenters.